The van der Waals surface area contributed by atoms with Crippen LogP contribution < -0.4 is 5.32 Å². The van der Waals surface area contributed by atoms with E-state index in [0.717, 1.165) is 12.1 Å². The van der Waals surface area contributed by atoms with Crippen molar-refractivity contribution < 1.29 is 9.13 Å². The number of rotatable bonds is 7. The Balaban J connectivity index is 1.92. The Morgan fingerprint density at radius 1 is 1.10 bits per heavy atom. The third kappa shape index (κ3) is 4.92. The molecule has 2 nitrogen and oxygen atoms in total. The highest BCUT2D eigenvalue weighted by Gasteiger charge is 2.03. The molecule has 0 bridgehead atoms. The van der Waals surface area contributed by atoms with E-state index in [-0.39, 0.29) is 5.82 Å². The van der Waals surface area contributed by atoms with Crippen LogP contribution in [-0.4, -0.2) is 6.61 Å². The Labute approximate surface area is 133 Å². The molecular weight excluding hydrogens is 333 g/mol. The topological polar surface area (TPSA) is 21.3 Å². The van der Waals surface area contributed by atoms with Gasteiger partial charge in [-0.05, 0) is 51.7 Å². The van der Waals surface area contributed by atoms with Gasteiger partial charge in [0.2, 0.25) is 0 Å². The Bertz CT molecular complexity index is 589. The third-order valence-electron chi connectivity index (χ3n) is 3.21. The summed E-state index contributed by atoms with van der Waals surface area (Å²) in [5.41, 5.74) is 3.48. The van der Waals surface area contributed by atoms with Crippen molar-refractivity contribution in [2.45, 2.75) is 26.6 Å². The summed E-state index contributed by atoms with van der Waals surface area (Å²) in [6.07, 6.45) is 0. The Kier molecular flexibility index (Phi) is 6.36. The van der Waals surface area contributed by atoms with Gasteiger partial charge in [-0.25, -0.2) is 4.39 Å². The van der Waals surface area contributed by atoms with Crippen LogP contribution in [0.2, 0.25) is 0 Å². The van der Waals surface area contributed by atoms with Gasteiger partial charge in [0.05, 0.1) is 11.1 Å². The minimum atomic E-state index is -0.235. The third-order valence-corrected chi connectivity index (χ3v) is 3.82. The zero-order chi connectivity index (χ0) is 15.1. The average molecular weight is 352 g/mol. The van der Waals surface area contributed by atoms with Crippen molar-refractivity contribution in [3.63, 3.8) is 0 Å². The van der Waals surface area contributed by atoms with Crippen molar-refractivity contribution in [2.75, 3.05) is 6.61 Å². The molecule has 0 saturated carbocycles. The summed E-state index contributed by atoms with van der Waals surface area (Å²) >= 11 is 3.20. The standard InChI is InChI=1S/C17H19BrFNO/c1-2-21-12-15-6-4-3-5-14(15)11-20-10-13-7-8-17(19)16(18)9-13/h3-9,20H,2,10-12H2,1H3. The lowest BCUT2D eigenvalue weighted by atomic mass is 10.1. The minimum absolute atomic E-state index is 0.235. The zero-order valence-electron chi connectivity index (χ0n) is 12.0. The summed E-state index contributed by atoms with van der Waals surface area (Å²) in [7, 11) is 0. The van der Waals surface area contributed by atoms with Gasteiger partial charge in [0.15, 0.2) is 0 Å². The molecule has 4 heteroatoms. The van der Waals surface area contributed by atoms with E-state index in [1.165, 1.54) is 17.2 Å². The molecule has 0 fully saturated rings. The van der Waals surface area contributed by atoms with Gasteiger partial charge in [0.25, 0.3) is 0 Å². The molecule has 0 aliphatic rings. The second kappa shape index (κ2) is 8.27. The first-order valence-corrected chi connectivity index (χ1v) is 7.79. The largest absolute Gasteiger partial charge is 0.377 e. The highest BCUT2D eigenvalue weighted by molar-refractivity contribution is 9.10. The van der Waals surface area contributed by atoms with Gasteiger partial charge in [-0.2, -0.15) is 0 Å². The summed E-state index contributed by atoms with van der Waals surface area (Å²) in [4.78, 5) is 0. The first-order chi connectivity index (χ1) is 10.2. The summed E-state index contributed by atoms with van der Waals surface area (Å²) in [5, 5.41) is 3.38. The second-order valence-electron chi connectivity index (χ2n) is 4.76. The fourth-order valence-corrected chi connectivity index (χ4v) is 2.50. The van der Waals surface area contributed by atoms with Crippen molar-refractivity contribution >= 4 is 15.9 Å². The molecule has 0 heterocycles. The molecule has 0 spiro atoms. The maximum absolute atomic E-state index is 13.2. The summed E-state index contributed by atoms with van der Waals surface area (Å²) in [6, 6.07) is 13.3. The fourth-order valence-electron chi connectivity index (χ4n) is 2.07. The quantitative estimate of drug-likeness (QED) is 0.797. The van der Waals surface area contributed by atoms with Gasteiger partial charge in [-0.3, -0.25) is 0 Å². The molecule has 1 N–H and O–H groups in total. The van der Waals surface area contributed by atoms with Crippen molar-refractivity contribution in [1.29, 1.82) is 0 Å². The molecule has 0 radical (unpaired) electrons. The van der Waals surface area contributed by atoms with Crippen LogP contribution in [0.5, 0.6) is 0 Å². The van der Waals surface area contributed by atoms with Gasteiger partial charge in [0, 0.05) is 19.7 Å². The molecule has 0 amide bonds. The first kappa shape index (κ1) is 16.1. The van der Waals surface area contributed by atoms with Crippen LogP contribution in [-0.2, 0) is 24.4 Å². The predicted octanol–water partition coefficient (Wildman–Crippen LogP) is 4.41. The van der Waals surface area contributed by atoms with Gasteiger partial charge in [-0.1, -0.05) is 30.3 Å². The lowest BCUT2D eigenvalue weighted by Crippen LogP contribution is -2.14. The van der Waals surface area contributed by atoms with Crippen LogP contribution >= 0.6 is 15.9 Å². The maximum atomic E-state index is 13.2. The van der Waals surface area contributed by atoms with E-state index >= 15 is 0 Å². The monoisotopic (exact) mass is 351 g/mol. The first-order valence-electron chi connectivity index (χ1n) is 7.00. The van der Waals surface area contributed by atoms with Crippen LogP contribution in [0, 0.1) is 5.82 Å². The van der Waals surface area contributed by atoms with Gasteiger partial charge in [0.1, 0.15) is 5.82 Å². The molecule has 21 heavy (non-hydrogen) atoms. The van der Waals surface area contributed by atoms with E-state index in [9.17, 15) is 4.39 Å². The number of halogens is 2. The van der Waals surface area contributed by atoms with Crippen molar-refractivity contribution in [3.05, 3.63) is 69.4 Å². The lowest BCUT2D eigenvalue weighted by Gasteiger charge is -2.11. The van der Waals surface area contributed by atoms with Crippen LogP contribution in [0.1, 0.15) is 23.6 Å². The van der Waals surface area contributed by atoms with E-state index in [1.54, 1.807) is 12.1 Å². The van der Waals surface area contributed by atoms with Crippen LogP contribution in [0.15, 0.2) is 46.9 Å². The van der Waals surface area contributed by atoms with Crippen molar-refractivity contribution in [3.8, 4) is 0 Å². The molecule has 2 rings (SSSR count). The average Bonchev–Trinajstić information content (AvgIpc) is 2.50. The van der Waals surface area contributed by atoms with Crippen LogP contribution in [0.25, 0.3) is 0 Å². The maximum Gasteiger partial charge on any atom is 0.137 e. The predicted molar refractivity (Wildman–Crippen MR) is 86.4 cm³/mol. The van der Waals surface area contributed by atoms with Crippen LogP contribution in [0.3, 0.4) is 0 Å². The molecule has 2 aromatic rings. The van der Waals surface area contributed by atoms with E-state index < -0.39 is 0 Å². The molecule has 2 aromatic carbocycles. The molecule has 0 unspecified atom stereocenters. The van der Waals surface area contributed by atoms with E-state index in [1.807, 2.05) is 19.1 Å². The van der Waals surface area contributed by atoms with E-state index in [2.05, 4.69) is 33.4 Å². The molecule has 0 aliphatic carbocycles. The van der Waals surface area contributed by atoms with Crippen LogP contribution in [0.4, 0.5) is 4.39 Å². The highest BCUT2D eigenvalue weighted by Crippen LogP contribution is 2.17. The van der Waals surface area contributed by atoms with Gasteiger partial charge < -0.3 is 10.1 Å². The van der Waals surface area contributed by atoms with Gasteiger partial charge >= 0.3 is 0 Å². The van der Waals surface area contributed by atoms with Gasteiger partial charge in [-0.15, -0.1) is 0 Å². The molecular formula is C17H19BrFNO. The Morgan fingerprint density at radius 2 is 1.86 bits per heavy atom. The Hall–Kier alpha value is -1.23. The van der Waals surface area contributed by atoms with E-state index in [4.69, 9.17) is 4.74 Å². The summed E-state index contributed by atoms with van der Waals surface area (Å²) in [6.45, 7) is 4.80. The van der Waals surface area contributed by atoms with Crippen molar-refractivity contribution in [1.82, 2.24) is 5.32 Å². The normalized spacial score (nSPS) is 10.8. The summed E-state index contributed by atoms with van der Waals surface area (Å²) < 4.78 is 19.2. The Morgan fingerprint density at radius 3 is 2.57 bits per heavy atom. The molecule has 0 atom stereocenters. The molecule has 0 saturated heterocycles. The number of nitrogens with one attached hydrogen (secondary N) is 1. The number of benzene rings is 2. The number of hydrogen-bond acceptors (Lipinski definition) is 2. The van der Waals surface area contributed by atoms with E-state index in [0.29, 0.717) is 24.2 Å². The number of hydrogen-bond donors (Lipinski definition) is 1. The zero-order valence-corrected chi connectivity index (χ0v) is 13.6. The number of ether oxygens (including phenoxy) is 1. The van der Waals surface area contributed by atoms with Crippen molar-refractivity contribution in [2.24, 2.45) is 0 Å². The molecule has 0 aliphatic heterocycles. The SMILES string of the molecule is CCOCc1ccccc1CNCc1ccc(F)c(Br)c1. The lowest BCUT2D eigenvalue weighted by molar-refractivity contribution is 0.133. The molecule has 112 valence electrons. The smallest absolute Gasteiger partial charge is 0.137 e. The fraction of sp³-hybridized carbons (Fsp3) is 0.294. The minimum Gasteiger partial charge on any atom is -0.377 e. The molecule has 0 aromatic heterocycles. The highest BCUT2D eigenvalue weighted by atomic mass is 79.9. The summed E-state index contributed by atoms with van der Waals surface area (Å²) in [5.74, 6) is -0.235. The second-order valence-corrected chi connectivity index (χ2v) is 5.61.